The summed E-state index contributed by atoms with van der Waals surface area (Å²) in [5, 5.41) is 38.1. The molecule has 5 nitrogen and oxygen atoms in total. The van der Waals surface area contributed by atoms with Crippen molar-refractivity contribution in [2.45, 2.75) is 70.2 Å². The van der Waals surface area contributed by atoms with Gasteiger partial charge >= 0.3 is 5.97 Å². The van der Waals surface area contributed by atoms with Crippen LogP contribution in [0.5, 0.6) is 0 Å². The maximum absolute atomic E-state index is 10.5. The van der Waals surface area contributed by atoms with E-state index in [0.717, 1.165) is 19.3 Å². The minimum atomic E-state index is -1.33. The number of aliphatic hydroxyl groups is 3. The Balaban J connectivity index is 2.44. The minimum absolute atomic E-state index is 0.0296. The summed E-state index contributed by atoms with van der Waals surface area (Å²) >= 11 is 0. The van der Waals surface area contributed by atoms with Crippen molar-refractivity contribution < 1.29 is 25.2 Å². The number of rotatable bonds is 11. The molecular weight excluding hydrogens is 320 g/mol. The number of allylic oxidation sites excluding steroid dienone is 5. The van der Waals surface area contributed by atoms with Gasteiger partial charge in [0.2, 0.25) is 0 Å². The highest BCUT2D eigenvalue weighted by molar-refractivity contribution is 5.71. The summed E-state index contributed by atoms with van der Waals surface area (Å²) in [5.41, 5.74) is 0. The molecule has 0 radical (unpaired) electrons. The highest BCUT2D eigenvalue weighted by Crippen LogP contribution is 2.36. The Morgan fingerprint density at radius 2 is 1.72 bits per heavy atom. The van der Waals surface area contributed by atoms with Crippen molar-refractivity contribution >= 4 is 5.97 Å². The van der Waals surface area contributed by atoms with Crippen molar-refractivity contribution in [2.75, 3.05) is 0 Å². The van der Waals surface area contributed by atoms with Crippen molar-refractivity contribution in [2.24, 2.45) is 11.8 Å². The van der Waals surface area contributed by atoms with Gasteiger partial charge in [0.25, 0.3) is 0 Å². The maximum atomic E-state index is 10.5. The Kier molecular flexibility index (Phi) is 10.4. The van der Waals surface area contributed by atoms with Crippen LogP contribution in [0.2, 0.25) is 0 Å². The van der Waals surface area contributed by atoms with Gasteiger partial charge < -0.3 is 20.4 Å². The molecule has 0 aromatic rings. The third kappa shape index (κ3) is 7.99. The van der Waals surface area contributed by atoms with Gasteiger partial charge in [-0.1, -0.05) is 43.4 Å². The van der Waals surface area contributed by atoms with E-state index in [1.54, 1.807) is 0 Å². The minimum Gasteiger partial charge on any atom is -0.479 e. The normalized spacial score (nSPS) is 28.5. The van der Waals surface area contributed by atoms with Gasteiger partial charge in [0.15, 0.2) is 6.10 Å². The van der Waals surface area contributed by atoms with Gasteiger partial charge in [0.05, 0.1) is 12.2 Å². The van der Waals surface area contributed by atoms with Crippen molar-refractivity contribution in [3.05, 3.63) is 36.5 Å². The zero-order chi connectivity index (χ0) is 18.7. The number of aliphatic carboxylic acids is 1. The van der Waals surface area contributed by atoms with E-state index in [9.17, 15) is 20.1 Å². The molecule has 0 heterocycles. The largest absolute Gasteiger partial charge is 0.479 e. The van der Waals surface area contributed by atoms with Crippen LogP contribution in [0.3, 0.4) is 0 Å². The molecule has 1 fully saturated rings. The molecule has 5 atom stereocenters. The average Bonchev–Trinajstić information content (AvgIpc) is 2.83. The van der Waals surface area contributed by atoms with Crippen LogP contribution in [0.25, 0.3) is 0 Å². The molecule has 142 valence electrons. The van der Waals surface area contributed by atoms with Gasteiger partial charge in [-0.15, -0.1) is 0 Å². The summed E-state index contributed by atoms with van der Waals surface area (Å²) in [4.78, 5) is 10.5. The fraction of sp³-hybridized carbons (Fsp3) is 0.650. The summed E-state index contributed by atoms with van der Waals surface area (Å²) in [7, 11) is 0. The fourth-order valence-electron chi connectivity index (χ4n) is 3.19. The van der Waals surface area contributed by atoms with Gasteiger partial charge in [-0.25, -0.2) is 4.79 Å². The van der Waals surface area contributed by atoms with Crippen molar-refractivity contribution in [3.63, 3.8) is 0 Å². The summed E-state index contributed by atoms with van der Waals surface area (Å²) in [6, 6.07) is 0. The molecule has 1 unspecified atom stereocenters. The molecule has 0 saturated heterocycles. The van der Waals surface area contributed by atoms with Gasteiger partial charge in [-0.2, -0.15) is 0 Å². The Hall–Kier alpha value is -1.43. The number of carboxylic acid groups (broad SMARTS) is 1. The van der Waals surface area contributed by atoms with Crippen molar-refractivity contribution in [1.29, 1.82) is 0 Å². The van der Waals surface area contributed by atoms with Crippen LogP contribution < -0.4 is 0 Å². The maximum Gasteiger partial charge on any atom is 0.332 e. The van der Waals surface area contributed by atoms with E-state index in [1.165, 1.54) is 0 Å². The lowest BCUT2D eigenvalue weighted by molar-refractivity contribution is -0.146. The van der Waals surface area contributed by atoms with Crippen LogP contribution in [0.1, 0.15) is 51.9 Å². The zero-order valence-electron chi connectivity index (χ0n) is 15.0. The average molecular weight is 352 g/mol. The first-order valence-corrected chi connectivity index (χ1v) is 9.21. The number of hydrogen-bond acceptors (Lipinski definition) is 4. The lowest BCUT2D eigenvalue weighted by Crippen LogP contribution is -2.20. The molecule has 0 bridgehead atoms. The molecule has 0 aromatic carbocycles. The molecule has 0 aromatic heterocycles. The zero-order valence-corrected chi connectivity index (χ0v) is 15.0. The van der Waals surface area contributed by atoms with Gasteiger partial charge in [0.1, 0.15) is 0 Å². The summed E-state index contributed by atoms with van der Waals surface area (Å²) < 4.78 is 0. The topological polar surface area (TPSA) is 98.0 Å². The van der Waals surface area contributed by atoms with Gasteiger partial charge in [-0.05, 0) is 44.4 Å². The molecular formula is C20H32O5. The third-order valence-electron chi connectivity index (χ3n) is 4.64. The lowest BCUT2D eigenvalue weighted by atomic mass is 9.89. The molecule has 1 aliphatic carbocycles. The number of unbranched alkanes of at least 4 members (excludes halogenated alkanes) is 1. The molecule has 0 amide bonds. The molecule has 1 saturated carbocycles. The Morgan fingerprint density at radius 3 is 2.40 bits per heavy atom. The van der Waals surface area contributed by atoms with E-state index in [4.69, 9.17) is 5.11 Å². The van der Waals surface area contributed by atoms with Crippen LogP contribution in [-0.2, 0) is 4.79 Å². The standard InChI is InChI=1S/C20H32O5/c1-2-3-4-5-6-8-11-15-16(19(23)14-18(15)22)12-9-7-10-13-17(21)20(24)25/h3-4,7-9,11,15-19,21-23H,2,5-6,10,12-14H2,1H3,(H,24,25)/b4-3-,9-7-,11-8+/t15-,16+,17?,18-,19+/m1/s1. The smallest absolute Gasteiger partial charge is 0.332 e. The first-order valence-electron chi connectivity index (χ1n) is 9.21. The van der Waals surface area contributed by atoms with E-state index in [1.807, 2.05) is 18.2 Å². The number of hydrogen-bond donors (Lipinski definition) is 4. The molecule has 4 N–H and O–H groups in total. The van der Waals surface area contributed by atoms with Crippen LogP contribution in [0.15, 0.2) is 36.5 Å². The van der Waals surface area contributed by atoms with Crippen LogP contribution in [0.4, 0.5) is 0 Å². The SMILES string of the molecule is CC/C=C\CC/C=C/[C@@H]1[C@H](C/C=C\CCC(O)C(=O)O)[C@@H](O)C[C@H]1O. The van der Waals surface area contributed by atoms with E-state index < -0.39 is 24.3 Å². The summed E-state index contributed by atoms with van der Waals surface area (Å²) in [6.45, 7) is 2.10. The second-order valence-corrected chi connectivity index (χ2v) is 6.64. The third-order valence-corrected chi connectivity index (χ3v) is 4.64. The summed E-state index contributed by atoms with van der Waals surface area (Å²) in [5.74, 6) is -1.29. The molecule has 5 heteroatoms. The Bertz CT molecular complexity index is 469. The van der Waals surface area contributed by atoms with E-state index in [2.05, 4.69) is 25.2 Å². The lowest BCUT2D eigenvalue weighted by Gasteiger charge is -2.19. The Labute approximate surface area is 150 Å². The number of carboxylic acids is 1. The number of carbonyl (C=O) groups is 1. The monoisotopic (exact) mass is 352 g/mol. The predicted molar refractivity (Wildman–Crippen MR) is 98.0 cm³/mol. The van der Waals surface area contributed by atoms with Crippen LogP contribution >= 0.6 is 0 Å². The molecule has 1 rings (SSSR count). The van der Waals surface area contributed by atoms with Crippen LogP contribution in [-0.4, -0.2) is 44.7 Å². The van der Waals surface area contributed by atoms with E-state index >= 15 is 0 Å². The molecule has 0 spiro atoms. The Morgan fingerprint density at radius 1 is 1.04 bits per heavy atom. The predicted octanol–water partition coefficient (Wildman–Crippen LogP) is 2.82. The summed E-state index contributed by atoms with van der Waals surface area (Å²) in [6.07, 6.45) is 14.3. The quantitative estimate of drug-likeness (QED) is 0.339. The first-order chi connectivity index (χ1) is 12.0. The van der Waals surface area contributed by atoms with Gasteiger partial charge in [0, 0.05) is 12.3 Å². The molecule has 25 heavy (non-hydrogen) atoms. The molecule has 1 aliphatic rings. The molecule has 0 aliphatic heterocycles. The van der Waals surface area contributed by atoms with Crippen LogP contribution in [0, 0.1) is 11.8 Å². The fourth-order valence-corrected chi connectivity index (χ4v) is 3.19. The second-order valence-electron chi connectivity index (χ2n) is 6.64. The first kappa shape index (κ1) is 21.6. The van der Waals surface area contributed by atoms with E-state index in [-0.39, 0.29) is 18.3 Å². The second kappa shape index (κ2) is 12.0. The van der Waals surface area contributed by atoms with Crippen molar-refractivity contribution in [1.82, 2.24) is 0 Å². The highest BCUT2D eigenvalue weighted by Gasteiger charge is 2.39. The van der Waals surface area contributed by atoms with E-state index in [0.29, 0.717) is 19.3 Å². The highest BCUT2D eigenvalue weighted by atomic mass is 16.4. The van der Waals surface area contributed by atoms with Crippen molar-refractivity contribution in [3.8, 4) is 0 Å². The van der Waals surface area contributed by atoms with Gasteiger partial charge in [-0.3, -0.25) is 0 Å². The number of aliphatic hydroxyl groups excluding tert-OH is 3.